The zero-order chi connectivity index (χ0) is 26.2. The molecule has 0 bridgehead atoms. The number of thioether (sulfide) groups is 1. The molecule has 0 aliphatic carbocycles. The number of rotatable bonds is 10. The molecule has 3 atom stereocenters. The highest BCUT2D eigenvalue weighted by Crippen LogP contribution is 2.42. The van der Waals surface area contributed by atoms with Gasteiger partial charge in [-0.3, -0.25) is 19.9 Å². The first-order valence-electron chi connectivity index (χ1n) is 11.4. The van der Waals surface area contributed by atoms with Crippen LogP contribution in [0.25, 0.3) is 0 Å². The van der Waals surface area contributed by atoms with E-state index in [-0.39, 0.29) is 23.9 Å². The molecule has 3 rings (SSSR count). The Morgan fingerprint density at radius 2 is 1.92 bits per heavy atom. The van der Waals surface area contributed by atoms with E-state index in [4.69, 9.17) is 15.2 Å². The summed E-state index contributed by atoms with van der Waals surface area (Å²) in [6, 6.07) is 15.4. The van der Waals surface area contributed by atoms with Crippen LogP contribution < -0.4 is 5.73 Å². The molecule has 0 aromatic heterocycles. The van der Waals surface area contributed by atoms with Crippen molar-refractivity contribution in [1.82, 2.24) is 0 Å². The van der Waals surface area contributed by atoms with Gasteiger partial charge in [0.05, 0.1) is 29.9 Å². The molecule has 0 amide bonds. The van der Waals surface area contributed by atoms with Crippen LogP contribution in [0.3, 0.4) is 0 Å². The van der Waals surface area contributed by atoms with Gasteiger partial charge >= 0.3 is 11.9 Å². The Morgan fingerprint density at radius 3 is 2.56 bits per heavy atom. The second-order valence-corrected chi connectivity index (χ2v) is 9.23. The molecule has 3 unspecified atom stereocenters. The van der Waals surface area contributed by atoms with Gasteiger partial charge in [0, 0.05) is 41.3 Å². The van der Waals surface area contributed by atoms with Crippen LogP contribution in [0, 0.1) is 16.0 Å². The van der Waals surface area contributed by atoms with E-state index in [9.17, 15) is 19.7 Å². The van der Waals surface area contributed by atoms with Crippen molar-refractivity contribution in [3.63, 3.8) is 0 Å². The van der Waals surface area contributed by atoms with Gasteiger partial charge in [-0.2, -0.15) is 11.8 Å². The highest BCUT2D eigenvalue weighted by molar-refractivity contribution is 7.99. The number of nitrogens with two attached hydrogens (primary N) is 1. The zero-order valence-electron chi connectivity index (χ0n) is 20.4. The lowest BCUT2D eigenvalue weighted by Crippen LogP contribution is -2.36. The predicted molar refractivity (Wildman–Crippen MR) is 139 cm³/mol. The molecule has 0 saturated heterocycles. The second kappa shape index (κ2) is 12.5. The van der Waals surface area contributed by atoms with Gasteiger partial charge in [0.15, 0.2) is 0 Å². The Balaban J connectivity index is 2.04. The number of non-ortho nitro benzene ring substituents is 1. The average molecular weight is 512 g/mol. The van der Waals surface area contributed by atoms with Crippen molar-refractivity contribution in [2.24, 2.45) is 16.6 Å². The fourth-order valence-corrected chi connectivity index (χ4v) is 5.17. The molecule has 9 nitrogen and oxygen atoms in total. The van der Waals surface area contributed by atoms with Gasteiger partial charge in [0.2, 0.25) is 0 Å². The number of methoxy groups -OCH3 is 1. The summed E-state index contributed by atoms with van der Waals surface area (Å²) in [5.74, 6) is -2.09. The van der Waals surface area contributed by atoms with Gasteiger partial charge in [-0.05, 0) is 25.0 Å². The minimum absolute atomic E-state index is 0.120. The van der Waals surface area contributed by atoms with Gasteiger partial charge < -0.3 is 15.2 Å². The minimum Gasteiger partial charge on any atom is -0.468 e. The maximum atomic E-state index is 13.2. The fourth-order valence-electron chi connectivity index (χ4n) is 4.20. The summed E-state index contributed by atoms with van der Waals surface area (Å²) in [7, 11) is 1.25. The van der Waals surface area contributed by atoms with Crippen LogP contribution in [-0.4, -0.2) is 47.8 Å². The molecule has 1 heterocycles. The Hall–Kier alpha value is -3.50. The van der Waals surface area contributed by atoms with Gasteiger partial charge in [-0.1, -0.05) is 42.5 Å². The van der Waals surface area contributed by atoms with Gasteiger partial charge in [-0.25, -0.2) is 4.79 Å². The van der Waals surface area contributed by atoms with Gasteiger partial charge in [0.1, 0.15) is 5.92 Å². The highest BCUT2D eigenvalue weighted by atomic mass is 32.2. The third kappa shape index (κ3) is 6.19. The largest absolute Gasteiger partial charge is 0.468 e. The number of benzene rings is 2. The van der Waals surface area contributed by atoms with Crippen molar-refractivity contribution in [3.8, 4) is 0 Å². The average Bonchev–Trinajstić information content (AvgIpc) is 2.88. The number of ether oxygens (including phenoxy) is 2. The molecular weight excluding hydrogens is 482 g/mol. The molecule has 2 N–H and O–H groups in total. The predicted octanol–water partition coefficient (Wildman–Crippen LogP) is 4.19. The highest BCUT2D eigenvalue weighted by Gasteiger charge is 2.43. The number of nitro benzene ring substituents is 1. The zero-order valence-corrected chi connectivity index (χ0v) is 21.2. The number of hydrogen-bond donors (Lipinski definition) is 1. The molecule has 190 valence electrons. The normalized spacial score (nSPS) is 18.3. The summed E-state index contributed by atoms with van der Waals surface area (Å²) in [5.41, 5.74) is 8.71. The summed E-state index contributed by atoms with van der Waals surface area (Å²) < 4.78 is 10.4. The topological polar surface area (TPSA) is 134 Å². The molecule has 2 aromatic rings. The van der Waals surface area contributed by atoms with Gasteiger partial charge in [-0.15, -0.1) is 0 Å². The number of carbonyl (C=O) groups is 2. The molecule has 0 radical (unpaired) electrons. The Kier molecular flexibility index (Phi) is 9.38. The summed E-state index contributed by atoms with van der Waals surface area (Å²) in [4.78, 5) is 41.6. The van der Waals surface area contributed by atoms with E-state index < -0.39 is 28.7 Å². The Morgan fingerprint density at radius 1 is 1.19 bits per heavy atom. The van der Waals surface area contributed by atoms with Crippen LogP contribution in [-0.2, 0) is 19.1 Å². The van der Waals surface area contributed by atoms with Crippen LogP contribution in [0.1, 0.15) is 36.9 Å². The van der Waals surface area contributed by atoms with Crippen molar-refractivity contribution in [3.05, 3.63) is 87.1 Å². The smallest absolute Gasteiger partial charge is 0.336 e. The molecule has 1 aliphatic rings. The molecular formula is C26H29N3O6S. The quantitative estimate of drug-likeness (QED) is 0.285. The molecule has 0 fully saturated rings. The number of esters is 2. The number of hydrogen-bond acceptors (Lipinski definition) is 9. The molecule has 0 spiro atoms. The van der Waals surface area contributed by atoms with E-state index in [1.165, 1.54) is 37.1 Å². The maximum Gasteiger partial charge on any atom is 0.336 e. The first-order chi connectivity index (χ1) is 17.3. The molecule has 36 heavy (non-hydrogen) atoms. The lowest BCUT2D eigenvalue weighted by Gasteiger charge is -2.32. The summed E-state index contributed by atoms with van der Waals surface area (Å²) >= 11 is 1.50. The minimum atomic E-state index is -0.934. The summed E-state index contributed by atoms with van der Waals surface area (Å²) in [5, 5.41) is 11.4. The van der Waals surface area contributed by atoms with Crippen molar-refractivity contribution >= 4 is 35.1 Å². The Labute approximate surface area is 213 Å². The number of nitrogens with zero attached hydrogens (tertiary/aromatic N) is 2. The first kappa shape index (κ1) is 27.1. The molecule has 0 saturated carbocycles. The fraction of sp³-hybridized carbons (Fsp3) is 0.346. The standard InChI is InChI=1S/C26H29N3O6S/c1-4-35-26(31)24-21(15-36-14-20(27)17-9-6-5-7-10-17)28-16(2)22(25(30)34-3)23(24)18-11-8-12-19(13-18)29(32)33/h5-13,20,22-23H,4,14-15,27H2,1-3H3. The number of carbonyl (C=O) groups excluding carboxylic acids is 2. The Bertz CT molecular complexity index is 1180. The van der Waals surface area contributed by atoms with Crippen LogP contribution in [0.5, 0.6) is 0 Å². The van der Waals surface area contributed by atoms with Crippen molar-refractivity contribution < 1.29 is 24.0 Å². The maximum absolute atomic E-state index is 13.2. The van der Waals surface area contributed by atoms with Crippen molar-refractivity contribution in [1.29, 1.82) is 0 Å². The lowest BCUT2D eigenvalue weighted by atomic mass is 9.75. The van der Waals surface area contributed by atoms with Crippen LogP contribution >= 0.6 is 11.8 Å². The summed E-state index contributed by atoms with van der Waals surface area (Å²) in [6.45, 7) is 3.49. The van der Waals surface area contributed by atoms with E-state index in [2.05, 4.69) is 4.99 Å². The van der Waals surface area contributed by atoms with E-state index in [0.717, 1.165) is 5.56 Å². The third-order valence-corrected chi connectivity index (χ3v) is 6.94. The van der Waals surface area contributed by atoms with Crippen LogP contribution in [0.2, 0.25) is 0 Å². The first-order valence-corrected chi connectivity index (χ1v) is 12.6. The third-order valence-electron chi connectivity index (χ3n) is 5.87. The van der Waals surface area contributed by atoms with Gasteiger partial charge in [0.25, 0.3) is 5.69 Å². The molecule has 10 heteroatoms. The van der Waals surface area contributed by atoms with E-state index in [1.807, 2.05) is 30.3 Å². The molecule has 2 aromatic carbocycles. The lowest BCUT2D eigenvalue weighted by molar-refractivity contribution is -0.384. The van der Waals surface area contributed by atoms with E-state index in [1.54, 1.807) is 19.9 Å². The van der Waals surface area contributed by atoms with E-state index >= 15 is 0 Å². The second-order valence-electron chi connectivity index (χ2n) is 8.20. The number of nitro groups is 1. The molecule has 1 aliphatic heterocycles. The number of aliphatic imine (C=N–C) groups is 1. The van der Waals surface area contributed by atoms with Crippen LogP contribution in [0.4, 0.5) is 5.69 Å². The van der Waals surface area contributed by atoms with Crippen molar-refractivity contribution in [2.45, 2.75) is 25.8 Å². The summed E-state index contributed by atoms with van der Waals surface area (Å²) in [6.07, 6.45) is 0. The van der Waals surface area contributed by atoms with E-state index in [0.29, 0.717) is 28.5 Å². The van der Waals surface area contributed by atoms with Crippen molar-refractivity contribution in [2.75, 3.05) is 25.2 Å². The monoisotopic (exact) mass is 511 g/mol. The SMILES string of the molecule is CCOC(=O)C1=C(CSCC(N)c2ccccc2)N=C(C)C(C(=O)OC)C1c1cccc([N+](=O)[O-])c1. The van der Waals surface area contributed by atoms with Crippen LogP contribution in [0.15, 0.2) is 70.9 Å².